The summed E-state index contributed by atoms with van der Waals surface area (Å²) >= 11 is 0. The maximum absolute atomic E-state index is 13.0. The van der Waals surface area contributed by atoms with E-state index in [-0.39, 0.29) is 5.91 Å². The topological polar surface area (TPSA) is 48.5 Å². The number of pyridine rings is 1. The van der Waals surface area contributed by atoms with E-state index in [1.54, 1.807) is 6.20 Å². The van der Waals surface area contributed by atoms with Crippen LogP contribution in [0.3, 0.4) is 0 Å². The van der Waals surface area contributed by atoms with Crippen LogP contribution in [0.15, 0.2) is 36.5 Å². The Morgan fingerprint density at radius 3 is 2.55 bits per heavy atom. The molecule has 1 aromatic heterocycles. The van der Waals surface area contributed by atoms with E-state index in [1.165, 1.54) is 48.9 Å². The molecule has 0 spiro atoms. The van der Waals surface area contributed by atoms with Gasteiger partial charge in [0.1, 0.15) is 5.69 Å². The van der Waals surface area contributed by atoms with Gasteiger partial charge >= 0.3 is 0 Å². The number of amides is 1. The number of hydrogen-bond acceptors (Lipinski definition) is 4. The molecule has 1 N–H and O–H groups in total. The molecule has 0 unspecified atom stereocenters. The summed E-state index contributed by atoms with van der Waals surface area (Å²) in [6.45, 7) is 7.50. The number of benzene rings is 1. The summed E-state index contributed by atoms with van der Waals surface area (Å²) in [5, 5.41) is 3.60. The summed E-state index contributed by atoms with van der Waals surface area (Å²) < 4.78 is 0. The van der Waals surface area contributed by atoms with Crippen LogP contribution in [0.5, 0.6) is 0 Å². The summed E-state index contributed by atoms with van der Waals surface area (Å²) in [4.78, 5) is 21.7. The van der Waals surface area contributed by atoms with Crippen LogP contribution in [-0.2, 0) is 0 Å². The van der Waals surface area contributed by atoms with Gasteiger partial charge in [-0.2, -0.15) is 0 Å². The van der Waals surface area contributed by atoms with Crippen molar-refractivity contribution in [3.05, 3.63) is 53.3 Å². The second-order valence-electron chi connectivity index (χ2n) is 8.41. The standard InChI is InChI=1S/C24H32N4O/c1-18-7-6-10-23(19(18)2)27-13-15-28(16-14-27)24(29)22-17-21(11-12-25-22)26-20-8-4-3-5-9-20/h6-7,10-12,17,20H,3-5,8-9,13-16H2,1-2H3,(H,25,26). The van der Waals surface area contributed by atoms with Gasteiger partial charge in [0.25, 0.3) is 5.91 Å². The van der Waals surface area contributed by atoms with Crippen LogP contribution in [0, 0.1) is 13.8 Å². The molecule has 2 fully saturated rings. The Morgan fingerprint density at radius 2 is 1.79 bits per heavy atom. The zero-order valence-electron chi connectivity index (χ0n) is 17.7. The van der Waals surface area contributed by atoms with Gasteiger partial charge in [0.05, 0.1) is 0 Å². The highest BCUT2D eigenvalue weighted by molar-refractivity contribution is 5.93. The van der Waals surface area contributed by atoms with Crippen LogP contribution in [-0.4, -0.2) is 48.0 Å². The van der Waals surface area contributed by atoms with Crippen LogP contribution in [0.25, 0.3) is 0 Å². The fourth-order valence-corrected chi connectivity index (χ4v) is 4.51. The molecular weight excluding hydrogens is 360 g/mol. The Bertz CT molecular complexity index is 852. The van der Waals surface area contributed by atoms with Crippen LogP contribution in [0.2, 0.25) is 0 Å². The molecule has 1 saturated carbocycles. The lowest BCUT2D eigenvalue weighted by atomic mass is 9.95. The molecule has 29 heavy (non-hydrogen) atoms. The van der Waals surface area contributed by atoms with Crippen molar-refractivity contribution >= 4 is 17.3 Å². The highest BCUT2D eigenvalue weighted by atomic mass is 16.2. The van der Waals surface area contributed by atoms with Crippen molar-refractivity contribution in [3.63, 3.8) is 0 Å². The number of nitrogens with one attached hydrogen (secondary N) is 1. The number of aryl methyl sites for hydroxylation is 1. The number of nitrogens with zero attached hydrogens (tertiary/aromatic N) is 3. The van der Waals surface area contributed by atoms with E-state index >= 15 is 0 Å². The van der Waals surface area contributed by atoms with Crippen molar-refractivity contribution < 1.29 is 4.79 Å². The smallest absolute Gasteiger partial charge is 0.272 e. The molecule has 1 saturated heterocycles. The summed E-state index contributed by atoms with van der Waals surface area (Å²) in [6.07, 6.45) is 8.10. The quantitative estimate of drug-likeness (QED) is 0.838. The molecule has 2 aromatic rings. The van der Waals surface area contributed by atoms with Crippen LogP contribution in [0.4, 0.5) is 11.4 Å². The van der Waals surface area contributed by atoms with Gasteiger partial charge in [-0.1, -0.05) is 31.4 Å². The minimum Gasteiger partial charge on any atom is -0.382 e. The minimum absolute atomic E-state index is 0.0397. The van der Waals surface area contributed by atoms with Crippen molar-refractivity contribution in [3.8, 4) is 0 Å². The largest absolute Gasteiger partial charge is 0.382 e. The van der Waals surface area contributed by atoms with Crippen LogP contribution < -0.4 is 10.2 Å². The molecule has 0 atom stereocenters. The first-order valence-corrected chi connectivity index (χ1v) is 10.9. The lowest BCUT2D eigenvalue weighted by Gasteiger charge is -2.37. The average molecular weight is 393 g/mol. The Hall–Kier alpha value is -2.56. The monoisotopic (exact) mass is 392 g/mol. The van der Waals surface area contributed by atoms with Gasteiger partial charge in [-0.3, -0.25) is 9.78 Å². The zero-order valence-corrected chi connectivity index (χ0v) is 17.7. The number of hydrogen-bond donors (Lipinski definition) is 1. The normalized spacial score (nSPS) is 18.0. The second-order valence-corrected chi connectivity index (χ2v) is 8.41. The number of rotatable bonds is 4. The van der Waals surface area contributed by atoms with Gasteiger partial charge in [-0.05, 0) is 56.0 Å². The highest BCUT2D eigenvalue weighted by Crippen LogP contribution is 2.25. The zero-order chi connectivity index (χ0) is 20.2. The molecular formula is C24H32N4O. The predicted molar refractivity (Wildman–Crippen MR) is 119 cm³/mol. The first kappa shape index (κ1) is 19.7. The summed E-state index contributed by atoms with van der Waals surface area (Å²) in [7, 11) is 0. The maximum Gasteiger partial charge on any atom is 0.272 e. The number of carbonyl (C=O) groups excluding carboxylic acids is 1. The molecule has 2 aliphatic rings. The molecule has 1 aromatic carbocycles. The Kier molecular flexibility index (Phi) is 6.02. The van der Waals surface area contributed by atoms with Gasteiger partial charge < -0.3 is 15.1 Å². The third-order valence-electron chi connectivity index (χ3n) is 6.44. The van der Waals surface area contributed by atoms with E-state index < -0.39 is 0 Å². The van der Waals surface area contributed by atoms with E-state index in [2.05, 4.69) is 47.2 Å². The summed E-state index contributed by atoms with van der Waals surface area (Å²) in [5.41, 5.74) is 5.49. The lowest BCUT2D eigenvalue weighted by Crippen LogP contribution is -2.49. The van der Waals surface area contributed by atoms with Crippen molar-refractivity contribution in [1.29, 1.82) is 0 Å². The lowest BCUT2D eigenvalue weighted by molar-refractivity contribution is 0.0741. The van der Waals surface area contributed by atoms with Crippen molar-refractivity contribution in [2.24, 2.45) is 0 Å². The van der Waals surface area contributed by atoms with E-state index in [9.17, 15) is 4.79 Å². The first-order valence-electron chi connectivity index (χ1n) is 10.9. The molecule has 1 aliphatic heterocycles. The summed E-state index contributed by atoms with van der Waals surface area (Å²) in [6, 6.07) is 10.9. The fourth-order valence-electron chi connectivity index (χ4n) is 4.51. The van der Waals surface area contributed by atoms with Crippen molar-refractivity contribution in [2.45, 2.75) is 52.0 Å². The van der Waals surface area contributed by atoms with E-state index in [1.807, 2.05) is 17.0 Å². The van der Waals surface area contributed by atoms with Crippen LogP contribution >= 0.6 is 0 Å². The molecule has 4 rings (SSSR count). The van der Waals surface area contributed by atoms with Crippen LogP contribution in [0.1, 0.15) is 53.7 Å². The second kappa shape index (κ2) is 8.85. The Morgan fingerprint density at radius 1 is 1.03 bits per heavy atom. The highest BCUT2D eigenvalue weighted by Gasteiger charge is 2.24. The first-order chi connectivity index (χ1) is 14.1. The van der Waals surface area contributed by atoms with Gasteiger partial charge in [-0.25, -0.2) is 0 Å². The predicted octanol–water partition coefficient (Wildman–Crippen LogP) is 4.41. The summed E-state index contributed by atoms with van der Waals surface area (Å²) in [5.74, 6) is 0.0397. The molecule has 0 radical (unpaired) electrons. The van der Waals surface area contributed by atoms with Crippen molar-refractivity contribution in [2.75, 3.05) is 36.4 Å². The third kappa shape index (κ3) is 4.55. The Labute approximate surface area is 174 Å². The van der Waals surface area contributed by atoms with Gasteiger partial charge in [0.15, 0.2) is 0 Å². The number of aromatic nitrogens is 1. The van der Waals surface area contributed by atoms with Crippen molar-refractivity contribution in [1.82, 2.24) is 9.88 Å². The van der Waals surface area contributed by atoms with E-state index in [0.717, 1.165) is 31.9 Å². The number of carbonyl (C=O) groups is 1. The molecule has 5 heteroatoms. The van der Waals surface area contributed by atoms with Gasteiger partial charge in [0.2, 0.25) is 0 Å². The fraction of sp³-hybridized carbons (Fsp3) is 0.500. The maximum atomic E-state index is 13.0. The van der Waals surface area contributed by atoms with Gasteiger partial charge in [-0.15, -0.1) is 0 Å². The molecule has 1 aliphatic carbocycles. The molecule has 154 valence electrons. The molecule has 1 amide bonds. The minimum atomic E-state index is 0.0397. The van der Waals surface area contributed by atoms with E-state index in [4.69, 9.17) is 0 Å². The number of piperazine rings is 1. The molecule has 5 nitrogen and oxygen atoms in total. The van der Waals surface area contributed by atoms with Gasteiger partial charge in [0, 0.05) is 49.8 Å². The SMILES string of the molecule is Cc1cccc(N2CCN(C(=O)c3cc(NC4CCCCC4)ccn3)CC2)c1C. The molecule has 0 bridgehead atoms. The third-order valence-corrected chi connectivity index (χ3v) is 6.44. The molecule has 2 heterocycles. The van der Waals surface area contributed by atoms with E-state index in [0.29, 0.717) is 11.7 Å². The Balaban J connectivity index is 1.38. The average Bonchev–Trinajstić information content (AvgIpc) is 2.76. The number of anilines is 2.